The van der Waals surface area contributed by atoms with Gasteiger partial charge >= 0.3 is 0 Å². The molecule has 0 spiro atoms. The van der Waals surface area contributed by atoms with Gasteiger partial charge in [0.15, 0.2) is 0 Å². The van der Waals surface area contributed by atoms with E-state index in [0.717, 1.165) is 63.2 Å². The molecule has 0 radical (unpaired) electrons. The zero-order chi connectivity index (χ0) is 19.5. The Morgan fingerprint density at radius 1 is 1.10 bits per heavy atom. The van der Waals surface area contributed by atoms with E-state index in [9.17, 15) is 0 Å². The molecule has 2 aliphatic rings. The van der Waals surface area contributed by atoms with Crippen LogP contribution in [-0.2, 0) is 11.3 Å². The van der Waals surface area contributed by atoms with Gasteiger partial charge in [0, 0.05) is 57.2 Å². The van der Waals surface area contributed by atoms with Gasteiger partial charge in [-0.3, -0.25) is 9.58 Å². The minimum atomic E-state index is 0.0788. The summed E-state index contributed by atoms with van der Waals surface area (Å²) in [4.78, 5) is 13.7. The van der Waals surface area contributed by atoms with E-state index in [1.54, 1.807) is 6.33 Å². The average Bonchev–Trinajstić information content (AvgIpc) is 3.47. The first kappa shape index (κ1) is 18.3. The molecule has 5 rings (SSSR count). The summed E-state index contributed by atoms with van der Waals surface area (Å²) in [5, 5.41) is 5.26. The Morgan fingerprint density at radius 2 is 2.03 bits per heavy atom. The second-order valence-electron chi connectivity index (χ2n) is 7.58. The molecule has 1 atom stereocenters. The van der Waals surface area contributed by atoms with E-state index in [1.807, 2.05) is 23.1 Å². The zero-order valence-corrected chi connectivity index (χ0v) is 16.5. The van der Waals surface area contributed by atoms with Crippen LogP contribution in [0.15, 0.2) is 43.0 Å². The Morgan fingerprint density at radius 3 is 2.83 bits per heavy atom. The van der Waals surface area contributed by atoms with E-state index < -0.39 is 0 Å². The van der Waals surface area contributed by atoms with Crippen LogP contribution in [0.1, 0.15) is 6.42 Å². The van der Waals surface area contributed by atoms with E-state index >= 15 is 0 Å². The number of hydrogen-bond acceptors (Lipinski definition) is 7. The predicted molar refractivity (Wildman–Crippen MR) is 110 cm³/mol. The van der Waals surface area contributed by atoms with Crippen LogP contribution < -0.4 is 9.64 Å². The summed E-state index contributed by atoms with van der Waals surface area (Å²) >= 11 is 0. The highest BCUT2D eigenvalue weighted by atomic mass is 16.5. The van der Waals surface area contributed by atoms with Gasteiger partial charge in [0.2, 0.25) is 5.88 Å². The number of aromatic nitrogens is 4. The van der Waals surface area contributed by atoms with Crippen molar-refractivity contribution in [2.45, 2.75) is 19.1 Å². The number of nitrogens with zero attached hydrogens (tertiary/aromatic N) is 6. The van der Waals surface area contributed by atoms with Crippen molar-refractivity contribution in [1.29, 1.82) is 0 Å². The predicted octanol–water partition coefficient (Wildman–Crippen LogP) is 1.82. The normalized spacial score (nSPS) is 20.4. The van der Waals surface area contributed by atoms with Crippen molar-refractivity contribution in [2.75, 3.05) is 50.8 Å². The van der Waals surface area contributed by atoms with Crippen molar-refractivity contribution < 1.29 is 9.47 Å². The summed E-state index contributed by atoms with van der Waals surface area (Å²) < 4.78 is 13.5. The third-order valence-corrected chi connectivity index (χ3v) is 5.69. The molecular weight excluding hydrogens is 368 g/mol. The molecule has 2 saturated heterocycles. The highest BCUT2D eigenvalue weighted by Crippen LogP contribution is 2.28. The van der Waals surface area contributed by atoms with E-state index in [2.05, 4.69) is 43.1 Å². The maximum absolute atomic E-state index is 6.10. The van der Waals surface area contributed by atoms with Crippen molar-refractivity contribution in [2.24, 2.45) is 0 Å². The average molecular weight is 394 g/mol. The van der Waals surface area contributed by atoms with E-state index in [0.29, 0.717) is 12.5 Å². The zero-order valence-electron chi connectivity index (χ0n) is 16.5. The third kappa shape index (κ3) is 4.18. The summed E-state index contributed by atoms with van der Waals surface area (Å²) in [5.74, 6) is 0.658. The molecule has 4 heterocycles. The molecule has 0 aliphatic carbocycles. The van der Waals surface area contributed by atoms with Gasteiger partial charge in [0.05, 0.1) is 30.7 Å². The topological polar surface area (TPSA) is 68.5 Å². The molecule has 1 aromatic carbocycles. The molecular formula is C21H26N6O2. The molecule has 8 heteroatoms. The Kier molecular flexibility index (Phi) is 5.27. The Bertz CT molecular complexity index is 934. The lowest BCUT2D eigenvalue weighted by Crippen LogP contribution is -2.47. The monoisotopic (exact) mass is 394 g/mol. The fourth-order valence-electron chi connectivity index (χ4n) is 3.98. The third-order valence-electron chi connectivity index (χ3n) is 5.69. The first-order valence-electron chi connectivity index (χ1n) is 10.3. The molecule has 0 bridgehead atoms. The second-order valence-corrected chi connectivity index (χ2v) is 7.58. The molecule has 0 saturated carbocycles. The minimum absolute atomic E-state index is 0.0788. The van der Waals surface area contributed by atoms with Crippen molar-refractivity contribution in [3.63, 3.8) is 0 Å². The number of fused-ring (bicyclic) bond motifs is 1. The van der Waals surface area contributed by atoms with Crippen LogP contribution in [0.2, 0.25) is 0 Å². The summed E-state index contributed by atoms with van der Waals surface area (Å²) in [6.45, 7) is 7.46. The Labute approximate surface area is 170 Å². The molecule has 2 aromatic heterocycles. The maximum Gasteiger partial charge on any atom is 0.224 e. The van der Waals surface area contributed by atoms with Crippen LogP contribution in [0, 0.1) is 0 Å². The lowest BCUT2D eigenvalue weighted by atomic mass is 10.2. The van der Waals surface area contributed by atoms with Gasteiger partial charge in [-0.25, -0.2) is 9.97 Å². The maximum atomic E-state index is 6.10. The lowest BCUT2D eigenvalue weighted by molar-refractivity contribution is 0.139. The summed E-state index contributed by atoms with van der Waals surface area (Å²) in [6, 6.07) is 8.35. The lowest BCUT2D eigenvalue weighted by Gasteiger charge is -2.36. The summed E-state index contributed by atoms with van der Waals surface area (Å²) in [6.07, 6.45) is 6.41. The van der Waals surface area contributed by atoms with Crippen LogP contribution in [0.5, 0.6) is 5.88 Å². The van der Waals surface area contributed by atoms with Gasteiger partial charge < -0.3 is 14.4 Å². The summed E-state index contributed by atoms with van der Waals surface area (Å²) in [7, 11) is 0. The Balaban J connectivity index is 1.25. The SMILES string of the molecule is c1cnn(CCN2CCN(c3ccc4ncnc(OC5CCOC5)c4c3)CC2)c1. The first-order valence-corrected chi connectivity index (χ1v) is 10.3. The van der Waals surface area contributed by atoms with Crippen LogP contribution >= 0.6 is 0 Å². The van der Waals surface area contributed by atoms with E-state index in [4.69, 9.17) is 9.47 Å². The van der Waals surface area contributed by atoms with Gasteiger partial charge in [0.25, 0.3) is 0 Å². The molecule has 2 fully saturated rings. The molecule has 0 amide bonds. The number of benzene rings is 1. The molecule has 2 aliphatic heterocycles. The fraction of sp³-hybridized carbons (Fsp3) is 0.476. The van der Waals surface area contributed by atoms with Gasteiger partial charge in [-0.15, -0.1) is 0 Å². The first-order chi connectivity index (χ1) is 14.3. The minimum Gasteiger partial charge on any atom is -0.471 e. The highest BCUT2D eigenvalue weighted by molar-refractivity contribution is 5.86. The number of piperazine rings is 1. The molecule has 8 nitrogen and oxygen atoms in total. The van der Waals surface area contributed by atoms with Crippen molar-refractivity contribution in [3.8, 4) is 5.88 Å². The quantitative estimate of drug-likeness (QED) is 0.632. The van der Waals surface area contributed by atoms with E-state index in [-0.39, 0.29) is 6.10 Å². The number of ether oxygens (including phenoxy) is 2. The Hall–Kier alpha value is -2.71. The van der Waals surface area contributed by atoms with Crippen LogP contribution in [-0.4, -0.2) is 76.7 Å². The smallest absolute Gasteiger partial charge is 0.224 e. The highest BCUT2D eigenvalue weighted by Gasteiger charge is 2.21. The van der Waals surface area contributed by atoms with Crippen LogP contribution in [0.3, 0.4) is 0 Å². The number of hydrogen-bond donors (Lipinski definition) is 0. The van der Waals surface area contributed by atoms with E-state index in [1.165, 1.54) is 5.69 Å². The van der Waals surface area contributed by atoms with Gasteiger partial charge in [0.1, 0.15) is 12.4 Å². The number of anilines is 1. The molecule has 152 valence electrons. The molecule has 0 N–H and O–H groups in total. The fourth-order valence-corrected chi connectivity index (χ4v) is 3.98. The molecule has 3 aromatic rings. The van der Waals surface area contributed by atoms with Gasteiger partial charge in [-0.1, -0.05) is 0 Å². The van der Waals surface area contributed by atoms with Gasteiger partial charge in [-0.2, -0.15) is 5.10 Å². The van der Waals surface area contributed by atoms with Crippen molar-refractivity contribution in [3.05, 3.63) is 43.0 Å². The van der Waals surface area contributed by atoms with Crippen molar-refractivity contribution in [1.82, 2.24) is 24.6 Å². The van der Waals surface area contributed by atoms with Crippen LogP contribution in [0.25, 0.3) is 10.9 Å². The van der Waals surface area contributed by atoms with Crippen molar-refractivity contribution >= 4 is 16.6 Å². The molecule has 1 unspecified atom stereocenters. The standard InChI is InChI=1S/C21H26N6O2/c1-5-24-27(6-1)12-9-25-7-10-26(11-8-25)17-2-3-20-19(14-17)21(23-16-22-20)29-18-4-13-28-15-18/h1-3,5-6,14,16,18H,4,7-13,15H2. The number of rotatable bonds is 6. The summed E-state index contributed by atoms with van der Waals surface area (Å²) in [5.41, 5.74) is 2.11. The second kappa shape index (κ2) is 8.34. The largest absolute Gasteiger partial charge is 0.471 e. The van der Waals surface area contributed by atoms with Gasteiger partial charge in [-0.05, 0) is 24.3 Å². The van der Waals surface area contributed by atoms with Crippen LogP contribution in [0.4, 0.5) is 5.69 Å². The molecule has 29 heavy (non-hydrogen) atoms.